The lowest BCUT2D eigenvalue weighted by atomic mass is 10.00. The number of aromatic nitrogens is 1. The van der Waals surface area contributed by atoms with Crippen molar-refractivity contribution in [3.05, 3.63) is 65.2 Å². The molecule has 6 nitrogen and oxygen atoms in total. The van der Waals surface area contributed by atoms with Gasteiger partial charge in [0, 0.05) is 30.1 Å². The van der Waals surface area contributed by atoms with Crippen LogP contribution in [0.4, 0.5) is 0 Å². The van der Waals surface area contributed by atoms with Gasteiger partial charge < -0.3 is 15.4 Å². The molecule has 2 aromatic carbocycles. The third-order valence-corrected chi connectivity index (χ3v) is 5.20. The number of pyridine rings is 1. The summed E-state index contributed by atoms with van der Waals surface area (Å²) in [6, 6.07) is 17.1. The fourth-order valence-electron chi connectivity index (χ4n) is 3.52. The minimum absolute atomic E-state index is 0.0427. The Kier molecular flexibility index (Phi) is 5.26. The fraction of sp³-hybridized carbons (Fsp3) is 0.261. The van der Waals surface area contributed by atoms with E-state index in [1.165, 1.54) is 0 Å². The summed E-state index contributed by atoms with van der Waals surface area (Å²) in [5.41, 5.74) is 10.3. The Hall–Kier alpha value is -3.27. The van der Waals surface area contributed by atoms with Gasteiger partial charge in [0.25, 0.3) is 5.91 Å². The zero-order chi connectivity index (χ0) is 20.4. The minimum atomic E-state index is -0.0507. The summed E-state index contributed by atoms with van der Waals surface area (Å²) in [6.07, 6.45) is 0. The number of rotatable bonds is 3. The second-order valence-corrected chi connectivity index (χ2v) is 7.21. The predicted molar refractivity (Wildman–Crippen MR) is 111 cm³/mol. The third kappa shape index (κ3) is 3.83. The highest BCUT2D eigenvalue weighted by Crippen LogP contribution is 2.27. The van der Waals surface area contributed by atoms with E-state index in [2.05, 4.69) is 6.07 Å². The van der Waals surface area contributed by atoms with Crippen molar-refractivity contribution in [3.63, 3.8) is 0 Å². The molecule has 0 saturated carbocycles. The van der Waals surface area contributed by atoms with Gasteiger partial charge in [-0.25, -0.2) is 4.98 Å². The first-order valence-corrected chi connectivity index (χ1v) is 9.64. The molecule has 3 aromatic rings. The van der Waals surface area contributed by atoms with Gasteiger partial charge in [-0.3, -0.25) is 4.79 Å². The number of hydrogen-bond acceptors (Lipinski definition) is 5. The second kappa shape index (κ2) is 8.00. The van der Waals surface area contributed by atoms with E-state index in [9.17, 15) is 10.1 Å². The highest BCUT2D eigenvalue weighted by Gasteiger charge is 2.22. The van der Waals surface area contributed by atoms with Crippen LogP contribution in [0.25, 0.3) is 22.2 Å². The first-order chi connectivity index (χ1) is 14.1. The molecule has 1 aliphatic rings. The number of nitrogens with zero attached hydrogens (tertiary/aromatic N) is 3. The average molecular weight is 386 g/mol. The molecule has 4 rings (SSSR count). The van der Waals surface area contributed by atoms with Crippen molar-refractivity contribution in [3.8, 4) is 17.3 Å². The average Bonchev–Trinajstić information content (AvgIpc) is 2.78. The molecule has 1 saturated heterocycles. The monoisotopic (exact) mass is 386 g/mol. The number of carbonyl (C=O) groups excluding carboxylic acids is 1. The second-order valence-electron chi connectivity index (χ2n) is 7.21. The Morgan fingerprint density at radius 3 is 2.55 bits per heavy atom. The number of carbonyl (C=O) groups is 1. The summed E-state index contributed by atoms with van der Waals surface area (Å²) in [6.45, 7) is 4.15. The molecule has 1 fully saturated rings. The van der Waals surface area contributed by atoms with Gasteiger partial charge >= 0.3 is 0 Å². The molecule has 0 bridgehead atoms. The highest BCUT2D eigenvalue weighted by atomic mass is 16.5. The lowest BCUT2D eigenvalue weighted by molar-refractivity contribution is 0.0304. The van der Waals surface area contributed by atoms with Crippen molar-refractivity contribution < 1.29 is 9.53 Å². The van der Waals surface area contributed by atoms with E-state index in [0.29, 0.717) is 48.6 Å². The van der Waals surface area contributed by atoms with Gasteiger partial charge in [-0.2, -0.15) is 5.26 Å². The summed E-state index contributed by atoms with van der Waals surface area (Å²) in [7, 11) is 0. The molecule has 0 radical (unpaired) electrons. The topological polar surface area (TPSA) is 92.2 Å². The summed E-state index contributed by atoms with van der Waals surface area (Å²) >= 11 is 0. The highest BCUT2D eigenvalue weighted by molar-refractivity contribution is 6.07. The Labute approximate surface area is 169 Å². The molecule has 0 aliphatic carbocycles. The summed E-state index contributed by atoms with van der Waals surface area (Å²) in [5, 5.41) is 10.0. The number of nitriles is 1. The largest absolute Gasteiger partial charge is 0.378 e. The Morgan fingerprint density at radius 2 is 1.90 bits per heavy atom. The lowest BCUT2D eigenvalue weighted by Crippen LogP contribution is -2.40. The Balaban J connectivity index is 1.84. The molecule has 1 amide bonds. The maximum atomic E-state index is 13.3. The SMILES string of the molecule is CC(N)c1ccc(-c2cc(C(=O)N3CCOCC3)c3ccc(C#N)cc3n2)cc1. The van der Waals surface area contributed by atoms with Crippen molar-refractivity contribution in [1.82, 2.24) is 9.88 Å². The first-order valence-electron chi connectivity index (χ1n) is 9.64. The zero-order valence-electron chi connectivity index (χ0n) is 16.3. The number of benzene rings is 2. The van der Waals surface area contributed by atoms with Crippen molar-refractivity contribution in [2.45, 2.75) is 13.0 Å². The van der Waals surface area contributed by atoms with Crippen LogP contribution in [-0.4, -0.2) is 42.1 Å². The number of ether oxygens (including phenoxy) is 1. The molecule has 146 valence electrons. The molecule has 2 N–H and O–H groups in total. The molecule has 1 aliphatic heterocycles. The zero-order valence-corrected chi connectivity index (χ0v) is 16.3. The van der Waals surface area contributed by atoms with Crippen LogP contribution in [0.2, 0.25) is 0 Å². The predicted octanol–water partition coefficient (Wildman–Crippen LogP) is 3.27. The van der Waals surface area contributed by atoms with Crippen molar-refractivity contribution in [1.29, 1.82) is 5.26 Å². The quantitative estimate of drug-likeness (QED) is 0.746. The molecular formula is C23H22N4O2. The van der Waals surface area contributed by atoms with E-state index >= 15 is 0 Å². The smallest absolute Gasteiger partial charge is 0.254 e. The molecular weight excluding hydrogens is 364 g/mol. The van der Waals surface area contributed by atoms with Gasteiger partial charge in [0.05, 0.1) is 41.6 Å². The van der Waals surface area contributed by atoms with Gasteiger partial charge in [-0.15, -0.1) is 0 Å². The molecule has 1 unspecified atom stereocenters. The van der Waals surface area contributed by atoms with Gasteiger partial charge in [-0.05, 0) is 30.7 Å². The van der Waals surface area contributed by atoms with E-state index in [1.807, 2.05) is 37.3 Å². The summed E-state index contributed by atoms with van der Waals surface area (Å²) < 4.78 is 5.37. The van der Waals surface area contributed by atoms with Crippen LogP contribution in [0.15, 0.2) is 48.5 Å². The normalized spacial score (nSPS) is 15.1. The molecule has 1 aromatic heterocycles. The van der Waals surface area contributed by atoms with E-state index in [-0.39, 0.29) is 11.9 Å². The van der Waals surface area contributed by atoms with Crippen LogP contribution < -0.4 is 5.73 Å². The van der Waals surface area contributed by atoms with E-state index < -0.39 is 0 Å². The first kappa shape index (κ1) is 19.1. The molecule has 2 heterocycles. The molecule has 0 spiro atoms. The number of fused-ring (bicyclic) bond motifs is 1. The van der Waals surface area contributed by atoms with Crippen molar-refractivity contribution in [2.75, 3.05) is 26.3 Å². The molecule has 6 heteroatoms. The van der Waals surface area contributed by atoms with Crippen molar-refractivity contribution >= 4 is 16.8 Å². The van der Waals surface area contributed by atoms with Crippen LogP contribution >= 0.6 is 0 Å². The number of morpholine rings is 1. The molecule has 1 atom stereocenters. The van der Waals surface area contributed by atoms with Gasteiger partial charge in [0.15, 0.2) is 0 Å². The van der Waals surface area contributed by atoms with Gasteiger partial charge in [0.2, 0.25) is 0 Å². The lowest BCUT2D eigenvalue weighted by Gasteiger charge is -2.27. The number of hydrogen-bond donors (Lipinski definition) is 1. The summed E-state index contributed by atoms with van der Waals surface area (Å²) in [4.78, 5) is 19.8. The maximum Gasteiger partial charge on any atom is 0.254 e. The van der Waals surface area contributed by atoms with Crippen LogP contribution in [0.3, 0.4) is 0 Å². The van der Waals surface area contributed by atoms with E-state index in [4.69, 9.17) is 15.5 Å². The van der Waals surface area contributed by atoms with Crippen LogP contribution in [0.1, 0.15) is 34.5 Å². The Bertz CT molecular complexity index is 1090. The van der Waals surface area contributed by atoms with Gasteiger partial charge in [-0.1, -0.05) is 30.3 Å². The maximum absolute atomic E-state index is 13.3. The number of amides is 1. The Morgan fingerprint density at radius 1 is 1.17 bits per heavy atom. The van der Waals surface area contributed by atoms with Crippen LogP contribution in [-0.2, 0) is 4.74 Å². The van der Waals surface area contributed by atoms with Crippen LogP contribution in [0.5, 0.6) is 0 Å². The number of nitrogens with two attached hydrogens (primary N) is 1. The van der Waals surface area contributed by atoms with Crippen LogP contribution in [0, 0.1) is 11.3 Å². The van der Waals surface area contributed by atoms with E-state index in [0.717, 1.165) is 16.5 Å². The van der Waals surface area contributed by atoms with Crippen molar-refractivity contribution in [2.24, 2.45) is 5.73 Å². The summed E-state index contributed by atoms with van der Waals surface area (Å²) in [5.74, 6) is -0.0427. The van der Waals surface area contributed by atoms with Gasteiger partial charge in [0.1, 0.15) is 0 Å². The van der Waals surface area contributed by atoms with E-state index in [1.54, 1.807) is 23.1 Å². The standard InChI is InChI=1S/C23H22N4O2/c1-15(25)17-3-5-18(6-4-17)21-13-20(23(28)27-8-10-29-11-9-27)19-7-2-16(14-24)12-22(19)26-21/h2-7,12-13,15H,8-11,25H2,1H3. The third-order valence-electron chi connectivity index (χ3n) is 5.20. The fourth-order valence-corrected chi connectivity index (χ4v) is 3.52. The minimum Gasteiger partial charge on any atom is -0.378 e. The molecule has 29 heavy (non-hydrogen) atoms.